The van der Waals surface area contributed by atoms with Crippen LogP contribution in [-0.2, 0) is 0 Å². The summed E-state index contributed by atoms with van der Waals surface area (Å²) in [6.45, 7) is 0. The lowest BCUT2D eigenvalue weighted by atomic mass is 10.2. The van der Waals surface area contributed by atoms with Gasteiger partial charge in [0.2, 0.25) is 0 Å². The number of ketones is 1. The molecule has 0 radical (unpaired) electrons. The molecule has 4 nitrogen and oxygen atoms in total. The second-order valence-electron chi connectivity index (χ2n) is 6.07. The van der Waals surface area contributed by atoms with Crippen molar-refractivity contribution in [3.8, 4) is 0 Å². The van der Waals surface area contributed by atoms with Crippen molar-refractivity contribution in [2.45, 2.75) is 5.03 Å². The van der Waals surface area contributed by atoms with E-state index in [2.05, 4.69) is 22.1 Å². The van der Waals surface area contributed by atoms with E-state index in [0.29, 0.717) is 5.75 Å². The van der Waals surface area contributed by atoms with Gasteiger partial charge in [0.25, 0.3) is 0 Å². The number of pyridine rings is 1. The van der Waals surface area contributed by atoms with Crippen molar-refractivity contribution in [2.24, 2.45) is 0 Å². The van der Waals surface area contributed by atoms with Crippen LogP contribution in [0.25, 0.3) is 31.3 Å². The van der Waals surface area contributed by atoms with Crippen molar-refractivity contribution in [3.05, 3.63) is 72.6 Å². The molecule has 2 aromatic carbocycles. The van der Waals surface area contributed by atoms with E-state index < -0.39 is 0 Å². The molecule has 0 saturated heterocycles. The molecule has 0 saturated carbocycles. The molecule has 6 heteroatoms. The van der Waals surface area contributed by atoms with Crippen LogP contribution in [0.15, 0.2) is 72.0 Å². The highest BCUT2D eigenvalue weighted by Crippen LogP contribution is 2.37. The molecule has 27 heavy (non-hydrogen) atoms. The summed E-state index contributed by atoms with van der Waals surface area (Å²) in [5.41, 5.74) is 2.59. The molecule has 0 aliphatic rings. The first-order chi connectivity index (χ1) is 13.3. The normalized spacial score (nSPS) is 11.4. The molecule has 0 amide bonds. The van der Waals surface area contributed by atoms with E-state index in [4.69, 9.17) is 4.98 Å². The van der Waals surface area contributed by atoms with Gasteiger partial charge in [-0.15, -0.1) is 11.3 Å². The zero-order valence-electron chi connectivity index (χ0n) is 14.1. The second-order valence-corrected chi connectivity index (χ2v) is 8.03. The molecule has 0 aliphatic heterocycles. The molecule has 0 spiro atoms. The summed E-state index contributed by atoms with van der Waals surface area (Å²) >= 11 is 3.04. The van der Waals surface area contributed by atoms with Gasteiger partial charge in [0, 0.05) is 16.3 Å². The van der Waals surface area contributed by atoms with E-state index in [-0.39, 0.29) is 5.78 Å². The maximum absolute atomic E-state index is 12.4. The van der Waals surface area contributed by atoms with Crippen LogP contribution in [0.5, 0.6) is 0 Å². The Bertz CT molecular complexity index is 1300. The van der Waals surface area contributed by atoms with Crippen molar-refractivity contribution in [1.29, 1.82) is 0 Å². The molecular weight excluding hydrogens is 374 g/mol. The number of Topliss-reactive ketones (excluding diaryl/α,β-unsaturated/α-hetero) is 1. The molecule has 5 rings (SSSR count). The lowest BCUT2D eigenvalue weighted by Gasteiger charge is -2.02. The first kappa shape index (κ1) is 16.4. The predicted octanol–water partition coefficient (Wildman–Crippen LogP) is 5.37. The first-order valence-electron chi connectivity index (χ1n) is 8.43. The minimum absolute atomic E-state index is 0.0948. The average molecular weight is 387 g/mol. The van der Waals surface area contributed by atoms with E-state index in [1.165, 1.54) is 11.8 Å². The van der Waals surface area contributed by atoms with E-state index >= 15 is 0 Å². The molecule has 3 heterocycles. The van der Waals surface area contributed by atoms with Gasteiger partial charge in [0.15, 0.2) is 5.78 Å². The Morgan fingerprint density at radius 1 is 1.00 bits per heavy atom. The maximum Gasteiger partial charge on any atom is 0.173 e. The molecule has 0 bridgehead atoms. The molecule has 0 aliphatic carbocycles. The summed E-state index contributed by atoms with van der Waals surface area (Å²) in [4.78, 5) is 27.0. The number of carbonyl (C=O) groups excluding carboxylic acids is 1. The number of aromatic nitrogens is 3. The number of thioether (sulfide) groups is 1. The number of thiophene rings is 1. The number of benzene rings is 2. The summed E-state index contributed by atoms with van der Waals surface area (Å²) in [7, 11) is 0. The molecule has 0 N–H and O–H groups in total. The Labute approximate surface area is 163 Å². The number of fused-ring (bicyclic) bond motifs is 4. The number of nitrogens with zero attached hydrogens (tertiary/aromatic N) is 3. The molecule has 0 unspecified atom stereocenters. The Hall–Kier alpha value is -2.83. The Morgan fingerprint density at radius 3 is 2.70 bits per heavy atom. The highest BCUT2D eigenvalue weighted by atomic mass is 32.2. The van der Waals surface area contributed by atoms with Crippen molar-refractivity contribution in [1.82, 2.24) is 15.0 Å². The highest BCUT2D eigenvalue weighted by molar-refractivity contribution is 8.00. The molecule has 3 aromatic heterocycles. The molecule has 130 valence electrons. The Balaban J connectivity index is 1.55. The van der Waals surface area contributed by atoms with Crippen molar-refractivity contribution in [3.63, 3.8) is 0 Å². The average Bonchev–Trinajstić information content (AvgIpc) is 3.09. The van der Waals surface area contributed by atoms with E-state index in [9.17, 15) is 4.79 Å². The molecule has 5 aromatic rings. The van der Waals surface area contributed by atoms with Crippen molar-refractivity contribution < 1.29 is 4.79 Å². The van der Waals surface area contributed by atoms with Crippen molar-refractivity contribution in [2.75, 3.05) is 5.75 Å². The second kappa shape index (κ2) is 6.72. The molecule has 0 fully saturated rings. The number of hydrogen-bond donors (Lipinski definition) is 0. The fourth-order valence-corrected chi connectivity index (χ4v) is 5.12. The van der Waals surface area contributed by atoms with Gasteiger partial charge in [-0.2, -0.15) is 0 Å². The first-order valence-corrected chi connectivity index (χ1v) is 10.2. The minimum Gasteiger partial charge on any atom is -0.293 e. The summed E-state index contributed by atoms with van der Waals surface area (Å²) in [5.74, 6) is 0.442. The van der Waals surface area contributed by atoms with Gasteiger partial charge < -0.3 is 0 Å². The largest absolute Gasteiger partial charge is 0.293 e. The molecule has 0 atom stereocenters. The maximum atomic E-state index is 12.4. The lowest BCUT2D eigenvalue weighted by Crippen LogP contribution is -2.02. The zero-order valence-corrected chi connectivity index (χ0v) is 15.8. The third kappa shape index (κ3) is 2.97. The Morgan fingerprint density at radius 2 is 1.81 bits per heavy atom. The molecular formula is C21H13N3OS2. The smallest absolute Gasteiger partial charge is 0.173 e. The van der Waals surface area contributed by atoms with Crippen LogP contribution >= 0.6 is 23.1 Å². The monoisotopic (exact) mass is 387 g/mol. The van der Waals surface area contributed by atoms with Gasteiger partial charge in [0.05, 0.1) is 21.5 Å². The standard InChI is InChI=1S/C21H13N3OS2/c25-17(13-6-2-1-3-7-13)11-26-21-19-18(22-12-23-21)15-10-14-8-4-5-9-16(14)24-20(15)27-19/h1-10,12H,11H2. The van der Waals surface area contributed by atoms with E-state index in [1.807, 2.05) is 48.5 Å². The van der Waals surface area contributed by atoms with Crippen LogP contribution in [-0.4, -0.2) is 26.5 Å². The third-order valence-corrected chi connectivity index (χ3v) is 6.56. The van der Waals surface area contributed by atoms with Crippen LogP contribution in [0.4, 0.5) is 0 Å². The quantitative estimate of drug-likeness (QED) is 0.236. The summed E-state index contributed by atoms with van der Waals surface area (Å²) in [6, 6.07) is 19.5. The van der Waals surface area contributed by atoms with Crippen molar-refractivity contribution >= 4 is 60.2 Å². The summed E-state index contributed by atoms with van der Waals surface area (Å²) < 4.78 is 0.987. The number of hydrogen-bond acceptors (Lipinski definition) is 6. The fraction of sp³-hybridized carbons (Fsp3) is 0.0476. The summed E-state index contributed by atoms with van der Waals surface area (Å²) in [6.07, 6.45) is 1.57. The van der Waals surface area contributed by atoms with Gasteiger partial charge in [-0.05, 0) is 12.1 Å². The van der Waals surface area contributed by atoms with Crippen LogP contribution in [0, 0.1) is 0 Å². The highest BCUT2D eigenvalue weighted by Gasteiger charge is 2.15. The van der Waals surface area contributed by atoms with Gasteiger partial charge in [-0.1, -0.05) is 60.3 Å². The predicted molar refractivity (Wildman–Crippen MR) is 112 cm³/mol. The van der Waals surface area contributed by atoms with Gasteiger partial charge in [-0.25, -0.2) is 15.0 Å². The number of rotatable bonds is 4. The van der Waals surface area contributed by atoms with Crippen LogP contribution in [0.3, 0.4) is 0 Å². The summed E-state index contributed by atoms with van der Waals surface area (Å²) in [5, 5.41) is 2.96. The third-order valence-electron chi connectivity index (χ3n) is 4.35. The van der Waals surface area contributed by atoms with Gasteiger partial charge >= 0.3 is 0 Å². The van der Waals surface area contributed by atoms with E-state index in [0.717, 1.165) is 41.9 Å². The fourth-order valence-electron chi connectivity index (χ4n) is 3.03. The SMILES string of the molecule is O=C(CSc1ncnc2c1sc1nc3ccccc3cc12)c1ccccc1. The number of para-hydroxylation sites is 1. The van der Waals surface area contributed by atoms with Crippen LogP contribution in [0.1, 0.15) is 10.4 Å². The topological polar surface area (TPSA) is 55.7 Å². The van der Waals surface area contributed by atoms with Gasteiger partial charge in [-0.3, -0.25) is 4.79 Å². The van der Waals surface area contributed by atoms with E-state index in [1.54, 1.807) is 17.7 Å². The minimum atomic E-state index is 0.0948. The van der Waals surface area contributed by atoms with Gasteiger partial charge in [0.1, 0.15) is 16.2 Å². The lowest BCUT2D eigenvalue weighted by molar-refractivity contribution is 0.102. The number of carbonyl (C=O) groups is 1. The van der Waals surface area contributed by atoms with Crippen LogP contribution in [0.2, 0.25) is 0 Å². The van der Waals surface area contributed by atoms with Crippen LogP contribution < -0.4 is 0 Å². The zero-order chi connectivity index (χ0) is 18.2. The Kier molecular flexibility index (Phi) is 4.07.